The number of halogens is 2. The van der Waals surface area contributed by atoms with Crippen LogP contribution in [0.4, 0.5) is 8.78 Å². The number of sulfone groups is 1. The number of benzene rings is 2. The monoisotopic (exact) mass is 503 g/mol. The van der Waals surface area contributed by atoms with Crippen molar-refractivity contribution in [1.82, 2.24) is 15.0 Å². The van der Waals surface area contributed by atoms with E-state index in [4.69, 9.17) is 4.74 Å². The number of ether oxygens (including phenoxy) is 1. The second kappa shape index (κ2) is 9.43. The van der Waals surface area contributed by atoms with Gasteiger partial charge in [-0.05, 0) is 65.2 Å². The first-order valence-corrected chi connectivity index (χ1v) is 12.5. The highest BCUT2D eigenvalue weighted by Crippen LogP contribution is 2.33. The quantitative estimate of drug-likeness (QED) is 0.280. The summed E-state index contributed by atoms with van der Waals surface area (Å²) in [7, 11) is -2.77. The van der Waals surface area contributed by atoms with Gasteiger partial charge in [-0.15, -0.1) is 0 Å². The zero-order valence-corrected chi connectivity index (χ0v) is 19.8. The maximum absolute atomic E-state index is 14.2. The molecule has 36 heavy (non-hydrogen) atoms. The molecule has 0 saturated carbocycles. The van der Waals surface area contributed by atoms with Crippen molar-refractivity contribution < 1.29 is 21.9 Å². The van der Waals surface area contributed by atoms with Crippen LogP contribution in [0.5, 0.6) is 5.88 Å². The first-order valence-electron chi connectivity index (χ1n) is 10.9. The number of hydrogen-bond donors (Lipinski definition) is 0. The Labute approximate surface area is 206 Å². The van der Waals surface area contributed by atoms with Crippen molar-refractivity contribution in [3.8, 4) is 28.1 Å². The predicted octanol–water partition coefficient (Wildman–Crippen LogP) is 5.62. The summed E-state index contributed by atoms with van der Waals surface area (Å²) in [5.74, 6) is -2.48. The lowest BCUT2D eigenvalue weighted by atomic mass is 9.98. The molecule has 0 N–H and O–H groups in total. The largest absolute Gasteiger partial charge is 0.481 e. The number of aromatic nitrogens is 3. The van der Waals surface area contributed by atoms with Crippen molar-refractivity contribution in [3.63, 3.8) is 0 Å². The van der Waals surface area contributed by atoms with Gasteiger partial charge in [0.15, 0.2) is 9.84 Å². The molecule has 3 heterocycles. The highest BCUT2D eigenvalue weighted by molar-refractivity contribution is 7.90. The van der Waals surface area contributed by atoms with Gasteiger partial charge in [0.05, 0.1) is 18.4 Å². The average Bonchev–Trinajstić information content (AvgIpc) is 2.88. The third-order valence-electron chi connectivity index (χ3n) is 5.76. The van der Waals surface area contributed by atoms with Gasteiger partial charge in [-0.1, -0.05) is 6.07 Å². The predicted molar refractivity (Wildman–Crippen MR) is 132 cm³/mol. The van der Waals surface area contributed by atoms with Crippen LogP contribution >= 0.6 is 0 Å². The van der Waals surface area contributed by atoms with Gasteiger partial charge in [-0.25, -0.2) is 22.2 Å². The highest BCUT2D eigenvalue weighted by Gasteiger charge is 2.23. The van der Waals surface area contributed by atoms with E-state index in [9.17, 15) is 17.2 Å². The number of nitrogens with zero attached hydrogens (tertiary/aromatic N) is 3. The van der Waals surface area contributed by atoms with E-state index in [0.717, 1.165) is 39.7 Å². The fourth-order valence-corrected chi connectivity index (χ4v) is 5.46. The molecule has 180 valence electrons. The van der Waals surface area contributed by atoms with Gasteiger partial charge in [0.2, 0.25) is 5.88 Å². The summed E-state index contributed by atoms with van der Waals surface area (Å²) in [5.41, 5.74) is 4.43. The SMILES string of the molecule is COc1ncc(-c2ccc3nccc(-c4ccncc4)c3c2)cc1CS(=O)(=O)c1ccc(F)cc1F. The second-order valence-electron chi connectivity index (χ2n) is 8.05. The van der Waals surface area contributed by atoms with E-state index in [-0.39, 0.29) is 11.4 Å². The third-order valence-corrected chi connectivity index (χ3v) is 7.45. The van der Waals surface area contributed by atoms with Gasteiger partial charge in [-0.3, -0.25) is 9.97 Å². The molecule has 0 fully saturated rings. The molecule has 0 aliphatic carbocycles. The molecule has 0 saturated heterocycles. The lowest BCUT2D eigenvalue weighted by Crippen LogP contribution is -2.09. The highest BCUT2D eigenvalue weighted by atomic mass is 32.2. The Morgan fingerprint density at radius 1 is 0.833 bits per heavy atom. The molecule has 0 radical (unpaired) electrons. The summed E-state index contributed by atoms with van der Waals surface area (Å²) in [6.45, 7) is 0. The lowest BCUT2D eigenvalue weighted by molar-refractivity contribution is 0.394. The van der Waals surface area contributed by atoms with E-state index in [1.807, 2.05) is 36.4 Å². The molecule has 0 aliphatic rings. The van der Waals surface area contributed by atoms with Gasteiger partial charge in [0, 0.05) is 47.4 Å². The molecule has 9 heteroatoms. The molecule has 0 spiro atoms. The first kappa shape index (κ1) is 23.5. The minimum atomic E-state index is -4.15. The molecule has 5 rings (SSSR count). The molecule has 0 aliphatic heterocycles. The van der Waals surface area contributed by atoms with Crippen molar-refractivity contribution in [3.05, 3.63) is 103 Å². The molecule has 6 nitrogen and oxygen atoms in total. The minimum absolute atomic E-state index is 0.102. The van der Waals surface area contributed by atoms with Gasteiger partial charge in [0.1, 0.15) is 16.5 Å². The molecule has 0 atom stereocenters. The van der Waals surface area contributed by atoms with E-state index in [0.29, 0.717) is 11.6 Å². The lowest BCUT2D eigenvalue weighted by Gasteiger charge is -2.12. The van der Waals surface area contributed by atoms with Crippen LogP contribution in [0.25, 0.3) is 33.2 Å². The van der Waals surface area contributed by atoms with Crippen LogP contribution in [0, 0.1) is 11.6 Å². The van der Waals surface area contributed by atoms with E-state index in [1.54, 1.807) is 30.9 Å². The van der Waals surface area contributed by atoms with Gasteiger partial charge in [-0.2, -0.15) is 0 Å². The fourth-order valence-electron chi connectivity index (χ4n) is 4.06. The molecule has 0 bridgehead atoms. The number of methoxy groups -OCH3 is 1. The average molecular weight is 504 g/mol. The minimum Gasteiger partial charge on any atom is -0.481 e. The molecule has 0 unspecified atom stereocenters. The topological polar surface area (TPSA) is 82.0 Å². The van der Waals surface area contributed by atoms with Crippen LogP contribution in [0.15, 0.2) is 90.3 Å². The molecule has 3 aromatic heterocycles. The number of rotatable bonds is 6. The maximum atomic E-state index is 14.2. The van der Waals surface area contributed by atoms with Crippen molar-refractivity contribution in [2.75, 3.05) is 7.11 Å². The van der Waals surface area contributed by atoms with Gasteiger partial charge < -0.3 is 4.74 Å². The summed E-state index contributed by atoms with van der Waals surface area (Å²) in [5, 5.41) is 0.902. The smallest absolute Gasteiger partial charge is 0.217 e. The van der Waals surface area contributed by atoms with Crippen LogP contribution in [0.3, 0.4) is 0 Å². The standard InChI is InChI=1S/C27H19F2N3O3S/c1-35-27-20(16-36(33,34)26-5-3-21(28)14-24(26)29)12-19(15-32-27)18-2-4-25-23(13-18)22(8-11-31-25)17-6-9-30-10-7-17/h2-15H,16H2,1H3. The number of pyridine rings is 3. The summed E-state index contributed by atoms with van der Waals surface area (Å²) in [6.07, 6.45) is 6.76. The Hall–Kier alpha value is -4.24. The molecule has 5 aromatic rings. The van der Waals surface area contributed by atoms with E-state index < -0.39 is 32.1 Å². The Kier molecular flexibility index (Phi) is 6.15. The zero-order chi connectivity index (χ0) is 25.3. The fraction of sp³-hybridized carbons (Fsp3) is 0.0741. The summed E-state index contributed by atoms with van der Waals surface area (Å²) in [6, 6.07) is 15.5. The van der Waals surface area contributed by atoms with E-state index in [1.165, 1.54) is 7.11 Å². The summed E-state index contributed by atoms with van der Waals surface area (Å²) >= 11 is 0. The van der Waals surface area contributed by atoms with Crippen LogP contribution in [0.1, 0.15) is 5.56 Å². The number of fused-ring (bicyclic) bond motifs is 1. The Morgan fingerprint density at radius 3 is 2.39 bits per heavy atom. The normalized spacial score (nSPS) is 11.5. The van der Waals surface area contributed by atoms with Crippen LogP contribution < -0.4 is 4.74 Å². The van der Waals surface area contributed by atoms with E-state index in [2.05, 4.69) is 15.0 Å². The molecule has 2 aromatic carbocycles. The zero-order valence-electron chi connectivity index (χ0n) is 19.0. The van der Waals surface area contributed by atoms with Crippen molar-refractivity contribution in [2.45, 2.75) is 10.6 Å². The summed E-state index contributed by atoms with van der Waals surface area (Å²) < 4.78 is 58.7. The van der Waals surface area contributed by atoms with Crippen molar-refractivity contribution in [2.24, 2.45) is 0 Å². The Morgan fingerprint density at radius 2 is 1.64 bits per heavy atom. The summed E-state index contributed by atoms with van der Waals surface area (Å²) in [4.78, 5) is 12.2. The number of hydrogen-bond acceptors (Lipinski definition) is 6. The molecular weight excluding hydrogens is 484 g/mol. The second-order valence-corrected chi connectivity index (χ2v) is 10.0. The van der Waals surface area contributed by atoms with Gasteiger partial charge in [0.25, 0.3) is 0 Å². The molecule has 0 amide bonds. The Balaban J connectivity index is 1.58. The van der Waals surface area contributed by atoms with Gasteiger partial charge >= 0.3 is 0 Å². The van der Waals surface area contributed by atoms with Crippen molar-refractivity contribution >= 4 is 20.7 Å². The molecular formula is C27H19F2N3O3S. The maximum Gasteiger partial charge on any atom is 0.217 e. The van der Waals surface area contributed by atoms with Crippen molar-refractivity contribution in [1.29, 1.82) is 0 Å². The van der Waals surface area contributed by atoms with E-state index >= 15 is 0 Å². The Bertz CT molecular complexity index is 1690. The van der Waals surface area contributed by atoms with Crippen LogP contribution in [0.2, 0.25) is 0 Å². The first-order chi connectivity index (χ1) is 17.4. The van der Waals surface area contributed by atoms with Crippen LogP contribution in [-0.4, -0.2) is 30.5 Å². The third kappa shape index (κ3) is 4.52. The van der Waals surface area contributed by atoms with Crippen LogP contribution in [-0.2, 0) is 15.6 Å².